The molecule has 3 rings (SSSR count). The van der Waals surface area contributed by atoms with E-state index in [9.17, 15) is 22.2 Å². The smallest absolute Gasteiger partial charge is 0.299 e. The van der Waals surface area contributed by atoms with Gasteiger partial charge >= 0.3 is 6.18 Å². The van der Waals surface area contributed by atoms with Crippen molar-refractivity contribution >= 4 is 16.6 Å². The van der Waals surface area contributed by atoms with Crippen molar-refractivity contribution in [1.29, 1.82) is 0 Å². The van der Waals surface area contributed by atoms with Crippen molar-refractivity contribution in [2.45, 2.75) is 55.2 Å². The number of halogens is 3. The summed E-state index contributed by atoms with van der Waals surface area (Å²) in [5, 5.41) is 0.299. The van der Waals surface area contributed by atoms with Crippen LogP contribution in [0.15, 0.2) is 24.3 Å². The minimum atomic E-state index is -4.35. The molecular weight excluding hydrogens is 325 g/mol. The van der Waals surface area contributed by atoms with E-state index in [1.54, 1.807) is 6.07 Å². The molecule has 2 atom stereocenters. The number of hydrogen-bond donors (Lipinski definition) is 0. The first-order chi connectivity index (χ1) is 10.8. The van der Waals surface area contributed by atoms with Crippen molar-refractivity contribution in [3.63, 3.8) is 0 Å². The summed E-state index contributed by atoms with van der Waals surface area (Å²) in [6.45, 7) is 0. The van der Waals surface area contributed by atoms with Gasteiger partial charge in [-0.3, -0.25) is 9.00 Å². The van der Waals surface area contributed by atoms with Crippen molar-refractivity contribution < 1.29 is 22.2 Å². The molecule has 2 aliphatic heterocycles. The van der Waals surface area contributed by atoms with Gasteiger partial charge in [-0.25, -0.2) is 0 Å². The maximum absolute atomic E-state index is 12.7. The van der Waals surface area contributed by atoms with Crippen LogP contribution in [0.1, 0.15) is 43.2 Å². The van der Waals surface area contributed by atoms with Crippen LogP contribution < -0.4 is 0 Å². The highest BCUT2D eigenvalue weighted by Gasteiger charge is 2.42. The highest BCUT2D eigenvalue weighted by molar-refractivity contribution is 7.86. The van der Waals surface area contributed by atoms with Crippen molar-refractivity contribution in [2.24, 2.45) is 5.92 Å². The number of hydrogen-bond acceptors (Lipinski definition) is 2. The monoisotopic (exact) mass is 344 g/mol. The predicted octanol–water partition coefficient (Wildman–Crippen LogP) is 3.90. The van der Waals surface area contributed by atoms with E-state index in [4.69, 9.17) is 0 Å². The Labute approximate surface area is 135 Å². The molecule has 0 amide bonds. The Morgan fingerprint density at radius 3 is 2.43 bits per heavy atom. The second kappa shape index (κ2) is 6.38. The molecule has 2 saturated heterocycles. The fraction of sp³-hybridized carbons (Fsp3) is 0.588. The molecule has 0 saturated carbocycles. The van der Waals surface area contributed by atoms with E-state index in [0.29, 0.717) is 24.8 Å². The summed E-state index contributed by atoms with van der Waals surface area (Å²) in [4.78, 5) is 12.4. The number of rotatable bonds is 4. The number of ketones is 1. The lowest BCUT2D eigenvalue weighted by atomic mass is 9.91. The minimum Gasteiger partial charge on any atom is -0.299 e. The summed E-state index contributed by atoms with van der Waals surface area (Å²) in [5.74, 6) is 0.0482. The van der Waals surface area contributed by atoms with Gasteiger partial charge in [-0.05, 0) is 43.7 Å². The molecule has 2 bridgehead atoms. The maximum atomic E-state index is 12.7. The molecule has 126 valence electrons. The van der Waals surface area contributed by atoms with E-state index in [1.165, 1.54) is 6.07 Å². The molecule has 2 unspecified atom stereocenters. The first kappa shape index (κ1) is 16.7. The zero-order valence-corrected chi connectivity index (χ0v) is 13.5. The Morgan fingerprint density at radius 2 is 1.83 bits per heavy atom. The third kappa shape index (κ3) is 3.67. The van der Waals surface area contributed by atoms with E-state index >= 15 is 0 Å². The van der Waals surface area contributed by atoms with Crippen LogP contribution in [0.2, 0.25) is 0 Å². The molecule has 0 spiro atoms. The standard InChI is InChI=1S/C17H19F3O2S/c18-17(19,20)13-3-1-2-11(8-13)4-7-16(21)12-9-14-5-6-15(10-12)23(14)22/h1-3,8,12,14-15H,4-7,9-10H2. The normalized spacial score (nSPS) is 30.4. The van der Waals surface area contributed by atoms with Gasteiger partial charge in [-0.1, -0.05) is 18.2 Å². The number of fused-ring (bicyclic) bond motifs is 2. The van der Waals surface area contributed by atoms with Gasteiger partial charge in [-0.15, -0.1) is 0 Å². The van der Waals surface area contributed by atoms with Crippen LogP contribution in [0.4, 0.5) is 13.2 Å². The Bertz CT molecular complexity index is 611. The molecule has 6 heteroatoms. The SMILES string of the molecule is O=C(CCc1cccc(C(F)(F)F)c1)C1CC2CCC(C1)S2=O. The van der Waals surface area contributed by atoms with E-state index in [-0.39, 0.29) is 28.6 Å². The Morgan fingerprint density at radius 1 is 1.17 bits per heavy atom. The summed E-state index contributed by atoms with van der Waals surface area (Å²) < 4.78 is 50.0. The first-order valence-corrected chi connectivity index (χ1v) is 9.20. The molecule has 2 nitrogen and oxygen atoms in total. The Kier molecular flexibility index (Phi) is 4.63. The van der Waals surface area contributed by atoms with E-state index < -0.39 is 22.5 Å². The topological polar surface area (TPSA) is 34.1 Å². The number of carbonyl (C=O) groups is 1. The lowest BCUT2D eigenvalue weighted by molar-refractivity contribution is -0.137. The van der Waals surface area contributed by atoms with Gasteiger partial charge in [0.25, 0.3) is 0 Å². The van der Waals surface area contributed by atoms with Crippen molar-refractivity contribution in [3.05, 3.63) is 35.4 Å². The maximum Gasteiger partial charge on any atom is 0.416 e. The molecule has 23 heavy (non-hydrogen) atoms. The van der Waals surface area contributed by atoms with E-state index in [1.807, 2.05) is 0 Å². The molecule has 2 fully saturated rings. The first-order valence-electron chi connectivity index (χ1n) is 7.93. The largest absolute Gasteiger partial charge is 0.416 e. The van der Waals surface area contributed by atoms with Crippen LogP contribution in [-0.2, 0) is 28.2 Å². The number of alkyl halides is 3. The van der Waals surface area contributed by atoms with Crippen LogP contribution in [0.5, 0.6) is 0 Å². The number of Topliss-reactive ketones (excluding diaryl/α,β-unsaturated/α-hetero) is 1. The zero-order chi connectivity index (χ0) is 16.6. The zero-order valence-electron chi connectivity index (χ0n) is 12.6. The van der Waals surface area contributed by atoms with Gasteiger partial charge in [0.1, 0.15) is 5.78 Å². The van der Waals surface area contributed by atoms with Gasteiger partial charge in [-0.2, -0.15) is 13.2 Å². The van der Waals surface area contributed by atoms with E-state index in [0.717, 1.165) is 25.0 Å². The summed E-state index contributed by atoms with van der Waals surface area (Å²) in [6, 6.07) is 5.17. The second-order valence-corrected chi connectivity index (χ2v) is 8.47. The minimum absolute atomic E-state index is 0.0593. The van der Waals surface area contributed by atoms with Gasteiger partial charge in [0, 0.05) is 33.6 Å². The summed E-state index contributed by atoms with van der Waals surface area (Å²) in [7, 11) is -0.786. The van der Waals surface area contributed by atoms with Gasteiger partial charge in [0.15, 0.2) is 0 Å². The van der Waals surface area contributed by atoms with Crippen LogP contribution in [-0.4, -0.2) is 20.5 Å². The quantitative estimate of drug-likeness (QED) is 0.830. The molecule has 0 aliphatic carbocycles. The Balaban J connectivity index is 1.59. The summed E-state index contributed by atoms with van der Waals surface area (Å²) >= 11 is 0. The molecular formula is C17H19F3O2S. The molecule has 2 aliphatic rings. The second-order valence-electron chi connectivity index (χ2n) is 6.48. The third-order valence-corrected chi connectivity index (χ3v) is 7.10. The molecule has 0 aromatic heterocycles. The molecule has 1 aromatic carbocycles. The van der Waals surface area contributed by atoms with Crippen LogP contribution in [0.3, 0.4) is 0 Å². The highest BCUT2D eigenvalue weighted by atomic mass is 32.2. The molecule has 1 aromatic rings. The Hall–Kier alpha value is -1.17. The predicted molar refractivity (Wildman–Crippen MR) is 82.4 cm³/mol. The summed E-state index contributed by atoms with van der Waals surface area (Å²) in [6.07, 6.45) is -0.513. The van der Waals surface area contributed by atoms with E-state index in [2.05, 4.69) is 0 Å². The number of carbonyl (C=O) groups excluding carboxylic acids is 1. The lowest BCUT2D eigenvalue weighted by Gasteiger charge is -2.26. The fourth-order valence-electron chi connectivity index (χ4n) is 3.67. The highest BCUT2D eigenvalue weighted by Crippen LogP contribution is 2.39. The van der Waals surface area contributed by atoms with Crippen molar-refractivity contribution in [1.82, 2.24) is 0 Å². The van der Waals surface area contributed by atoms with Crippen molar-refractivity contribution in [2.75, 3.05) is 0 Å². The lowest BCUT2D eigenvalue weighted by Crippen LogP contribution is -2.32. The van der Waals surface area contributed by atoms with Crippen LogP contribution in [0, 0.1) is 5.92 Å². The fourth-order valence-corrected chi connectivity index (χ4v) is 5.80. The third-order valence-electron chi connectivity index (χ3n) is 4.93. The molecule has 0 radical (unpaired) electrons. The van der Waals surface area contributed by atoms with Crippen molar-refractivity contribution in [3.8, 4) is 0 Å². The van der Waals surface area contributed by atoms with Gasteiger partial charge in [0.05, 0.1) is 5.56 Å². The number of aryl methyl sites for hydroxylation is 1. The van der Waals surface area contributed by atoms with Gasteiger partial charge < -0.3 is 0 Å². The summed E-state index contributed by atoms with van der Waals surface area (Å²) in [5.41, 5.74) is -0.135. The average Bonchev–Trinajstić information content (AvgIpc) is 2.74. The molecule has 2 heterocycles. The van der Waals surface area contributed by atoms with Gasteiger partial charge in [0.2, 0.25) is 0 Å². The average molecular weight is 344 g/mol. The molecule has 0 N–H and O–H groups in total. The van der Waals surface area contributed by atoms with Crippen LogP contribution in [0.25, 0.3) is 0 Å². The van der Waals surface area contributed by atoms with Crippen LogP contribution >= 0.6 is 0 Å². The number of benzene rings is 1.